The zero-order valence-electron chi connectivity index (χ0n) is 19.7. The number of carbonyl (C=O) groups excluding carboxylic acids is 2. The Morgan fingerprint density at radius 2 is 1.79 bits per heavy atom. The Bertz CT molecular complexity index is 536. The summed E-state index contributed by atoms with van der Waals surface area (Å²) in [5.74, 6) is -0.780. The fraction of sp³-hybridized carbons (Fsp3) is 0.818. The molecule has 0 spiro atoms. The lowest BCUT2D eigenvalue weighted by Crippen LogP contribution is -2.44. The highest BCUT2D eigenvalue weighted by Crippen LogP contribution is 2.37. The molecule has 170 valence electrons. The van der Waals surface area contributed by atoms with Gasteiger partial charge in [0.25, 0.3) is 0 Å². The summed E-state index contributed by atoms with van der Waals surface area (Å²) in [6.45, 7) is 19.6. The summed E-state index contributed by atoms with van der Waals surface area (Å²) < 4.78 is 16.8. The number of carbonyl (C=O) groups is 2. The van der Waals surface area contributed by atoms with Crippen LogP contribution in [0.2, 0.25) is 18.1 Å². The maximum absolute atomic E-state index is 11.7. The van der Waals surface area contributed by atoms with Crippen LogP contribution in [0.25, 0.3) is 0 Å². The third-order valence-electron chi connectivity index (χ3n) is 5.36. The molecule has 0 radical (unpaired) electrons. The van der Waals surface area contributed by atoms with Crippen LogP contribution in [0.4, 0.5) is 0 Å². The first-order valence-electron chi connectivity index (χ1n) is 10.4. The molecule has 0 unspecified atom stereocenters. The van der Waals surface area contributed by atoms with Crippen LogP contribution in [0, 0.1) is 0 Å². The third-order valence-corrected chi connectivity index (χ3v) is 9.96. The molecule has 0 saturated carbocycles. The zero-order chi connectivity index (χ0) is 22.9. The third kappa shape index (κ3) is 12.2. The molecular formula is C22H42O6Si. The molecule has 1 N–H and O–H groups in total. The molecule has 0 bridgehead atoms. The Morgan fingerprint density at radius 1 is 1.21 bits per heavy atom. The van der Waals surface area contributed by atoms with Gasteiger partial charge in [-0.2, -0.15) is 0 Å². The maximum Gasteiger partial charge on any atom is 0.309 e. The highest BCUT2D eigenvalue weighted by atomic mass is 28.4. The predicted molar refractivity (Wildman–Crippen MR) is 118 cm³/mol. The molecule has 6 nitrogen and oxygen atoms in total. The van der Waals surface area contributed by atoms with Crippen molar-refractivity contribution in [1.82, 2.24) is 0 Å². The van der Waals surface area contributed by atoms with E-state index in [4.69, 9.17) is 13.9 Å². The van der Waals surface area contributed by atoms with Gasteiger partial charge in [0.05, 0.1) is 12.0 Å². The summed E-state index contributed by atoms with van der Waals surface area (Å²) in [5.41, 5.74) is -1.16. The average Bonchev–Trinajstić information content (AvgIpc) is 2.49. The van der Waals surface area contributed by atoms with Crippen molar-refractivity contribution in [3.05, 3.63) is 12.7 Å². The van der Waals surface area contributed by atoms with E-state index in [0.717, 1.165) is 0 Å². The van der Waals surface area contributed by atoms with E-state index in [1.54, 1.807) is 6.92 Å². The van der Waals surface area contributed by atoms with Gasteiger partial charge in [0.2, 0.25) is 0 Å². The minimum atomic E-state index is -1.90. The molecule has 0 aliphatic carbocycles. The molecule has 0 aromatic carbocycles. The molecular weight excluding hydrogens is 388 g/mol. The van der Waals surface area contributed by atoms with Crippen molar-refractivity contribution in [2.45, 2.75) is 110 Å². The van der Waals surface area contributed by atoms with Crippen LogP contribution in [0.1, 0.15) is 73.6 Å². The monoisotopic (exact) mass is 430 g/mol. The van der Waals surface area contributed by atoms with Gasteiger partial charge in [-0.25, -0.2) is 0 Å². The van der Waals surface area contributed by atoms with Crippen LogP contribution in [0.3, 0.4) is 0 Å². The normalized spacial score (nSPS) is 16.4. The predicted octanol–water partition coefficient (Wildman–Crippen LogP) is 4.76. The van der Waals surface area contributed by atoms with Crippen LogP contribution >= 0.6 is 0 Å². The minimum Gasteiger partial charge on any atom is -0.462 e. The van der Waals surface area contributed by atoms with Crippen molar-refractivity contribution in [2.75, 3.05) is 6.61 Å². The van der Waals surface area contributed by atoms with E-state index in [-0.39, 0.29) is 36.2 Å². The Balaban J connectivity index is 4.71. The van der Waals surface area contributed by atoms with Crippen molar-refractivity contribution < 1.29 is 28.6 Å². The summed E-state index contributed by atoms with van der Waals surface area (Å²) in [6, 6.07) is 0. The van der Waals surface area contributed by atoms with E-state index >= 15 is 0 Å². The summed E-state index contributed by atoms with van der Waals surface area (Å²) in [4.78, 5) is 23.2. The first-order valence-corrected chi connectivity index (χ1v) is 13.3. The number of ether oxygens (including phenoxy) is 2. The molecule has 0 aliphatic rings. The molecule has 0 rings (SSSR count). The van der Waals surface area contributed by atoms with Crippen molar-refractivity contribution >= 4 is 20.3 Å². The van der Waals surface area contributed by atoms with E-state index in [0.29, 0.717) is 25.7 Å². The topological polar surface area (TPSA) is 82.1 Å². The molecule has 0 aromatic heterocycles. The molecule has 7 heteroatoms. The van der Waals surface area contributed by atoms with Crippen LogP contribution in [0.5, 0.6) is 0 Å². The van der Waals surface area contributed by atoms with E-state index < -0.39 is 19.9 Å². The summed E-state index contributed by atoms with van der Waals surface area (Å²) in [5, 5.41) is 10.6. The fourth-order valence-electron chi connectivity index (χ4n) is 2.87. The van der Waals surface area contributed by atoms with Crippen molar-refractivity contribution in [2.24, 2.45) is 0 Å². The van der Waals surface area contributed by atoms with Gasteiger partial charge in [0.15, 0.2) is 8.32 Å². The van der Waals surface area contributed by atoms with Gasteiger partial charge in [-0.3, -0.25) is 9.59 Å². The van der Waals surface area contributed by atoms with E-state index in [1.807, 2.05) is 6.92 Å². The molecule has 0 amide bonds. The lowest BCUT2D eigenvalue weighted by molar-refractivity contribution is -0.147. The fourth-order valence-corrected chi connectivity index (χ4v) is 4.33. The van der Waals surface area contributed by atoms with Crippen molar-refractivity contribution in [3.63, 3.8) is 0 Å². The SMILES string of the molecule is C=CCOC(=O)C[C@@](C)(O)CCC[C@@H](C[C@@H](C)O[Si](C)(C)C(C)(C)C)OC(C)=O. The van der Waals surface area contributed by atoms with Gasteiger partial charge in [0, 0.05) is 19.4 Å². The van der Waals surface area contributed by atoms with Gasteiger partial charge in [0.1, 0.15) is 12.7 Å². The molecule has 0 fully saturated rings. The van der Waals surface area contributed by atoms with E-state index in [1.165, 1.54) is 13.0 Å². The van der Waals surface area contributed by atoms with Gasteiger partial charge >= 0.3 is 11.9 Å². The lowest BCUT2D eigenvalue weighted by Gasteiger charge is -2.39. The first-order chi connectivity index (χ1) is 13.1. The molecule has 3 atom stereocenters. The Kier molecular flexibility index (Phi) is 11.4. The summed E-state index contributed by atoms with van der Waals surface area (Å²) in [6.07, 6.45) is 3.33. The summed E-state index contributed by atoms with van der Waals surface area (Å²) in [7, 11) is -1.90. The van der Waals surface area contributed by atoms with Gasteiger partial charge in [-0.15, -0.1) is 0 Å². The number of aliphatic hydroxyl groups is 1. The molecule has 29 heavy (non-hydrogen) atoms. The highest BCUT2D eigenvalue weighted by molar-refractivity contribution is 6.74. The smallest absolute Gasteiger partial charge is 0.309 e. The first kappa shape index (κ1) is 27.8. The largest absolute Gasteiger partial charge is 0.462 e. The van der Waals surface area contributed by atoms with Gasteiger partial charge in [-0.1, -0.05) is 33.4 Å². The van der Waals surface area contributed by atoms with Gasteiger partial charge < -0.3 is 19.0 Å². The van der Waals surface area contributed by atoms with Crippen molar-refractivity contribution in [1.29, 1.82) is 0 Å². The summed E-state index contributed by atoms with van der Waals surface area (Å²) >= 11 is 0. The van der Waals surface area contributed by atoms with E-state index in [9.17, 15) is 14.7 Å². The molecule has 0 aliphatic heterocycles. The highest BCUT2D eigenvalue weighted by Gasteiger charge is 2.38. The second kappa shape index (κ2) is 11.9. The van der Waals surface area contributed by atoms with E-state index in [2.05, 4.69) is 40.4 Å². The Hall–Kier alpha value is -1.18. The number of rotatable bonds is 13. The number of hydrogen-bond donors (Lipinski definition) is 1. The second-order valence-electron chi connectivity index (χ2n) is 9.69. The van der Waals surface area contributed by atoms with Crippen LogP contribution in [0.15, 0.2) is 12.7 Å². The Labute approximate surface area is 178 Å². The lowest BCUT2D eigenvalue weighted by atomic mass is 9.93. The average molecular weight is 431 g/mol. The Morgan fingerprint density at radius 3 is 2.28 bits per heavy atom. The van der Waals surface area contributed by atoms with Crippen LogP contribution in [-0.4, -0.2) is 49.8 Å². The number of esters is 2. The van der Waals surface area contributed by atoms with Crippen LogP contribution < -0.4 is 0 Å². The quantitative estimate of drug-likeness (QED) is 0.258. The number of hydrogen-bond acceptors (Lipinski definition) is 6. The molecule has 0 saturated heterocycles. The van der Waals surface area contributed by atoms with Crippen LogP contribution in [-0.2, 0) is 23.5 Å². The zero-order valence-corrected chi connectivity index (χ0v) is 20.7. The standard InChI is InChI=1S/C22H42O6Si/c1-10-14-26-20(24)16-22(7,25)13-11-12-19(27-18(3)23)15-17(2)28-29(8,9)21(4,5)6/h10,17,19,25H,1,11-16H2,2-9H3/t17-,19+,22+/m1/s1. The van der Waals surface area contributed by atoms with Gasteiger partial charge in [-0.05, 0) is 51.2 Å². The minimum absolute atomic E-state index is 0.0327. The molecule has 0 heterocycles. The maximum atomic E-state index is 11.7. The molecule has 0 aromatic rings. The second-order valence-corrected chi connectivity index (χ2v) is 14.4. The van der Waals surface area contributed by atoms with Crippen molar-refractivity contribution in [3.8, 4) is 0 Å².